The highest BCUT2D eigenvalue weighted by atomic mass is 32.1. The highest BCUT2D eigenvalue weighted by Crippen LogP contribution is 2.28. The van der Waals surface area contributed by atoms with E-state index in [4.69, 9.17) is 5.26 Å². The first kappa shape index (κ1) is 11.1. The predicted octanol–water partition coefficient (Wildman–Crippen LogP) is 2.07. The van der Waals surface area contributed by atoms with Crippen molar-refractivity contribution in [1.29, 1.82) is 5.26 Å². The molecule has 1 aromatic carbocycles. The number of anilines is 1. The van der Waals surface area contributed by atoms with Crippen molar-refractivity contribution in [2.75, 3.05) is 11.9 Å². The summed E-state index contributed by atoms with van der Waals surface area (Å²) >= 11 is 1.14. The Morgan fingerprint density at radius 1 is 1.50 bits per heavy atom. The van der Waals surface area contributed by atoms with Crippen LogP contribution >= 0.6 is 11.3 Å². The Labute approximate surface area is 108 Å². The molecule has 0 saturated heterocycles. The van der Waals surface area contributed by atoms with Gasteiger partial charge in [-0.25, -0.2) is 0 Å². The molecule has 1 aliphatic heterocycles. The van der Waals surface area contributed by atoms with E-state index in [0.717, 1.165) is 35.6 Å². The van der Waals surface area contributed by atoms with Crippen LogP contribution in [0.1, 0.15) is 5.56 Å². The maximum Gasteiger partial charge on any atom is 0.308 e. The summed E-state index contributed by atoms with van der Waals surface area (Å²) in [5.41, 5.74) is 4.28. The summed E-state index contributed by atoms with van der Waals surface area (Å²) in [7, 11) is 0. The first-order valence-corrected chi connectivity index (χ1v) is 6.60. The summed E-state index contributed by atoms with van der Waals surface area (Å²) in [5.74, 6) is 0. The molecule has 1 aliphatic rings. The third-order valence-electron chi connectivity index (χ3n) is 3.12. The van der Waals surface area contributed by atoms with Gasteiger partial charge in [0, 0.05) is 17.6 Å². The molecule has 0 fully saturated rings. The molecule has 0 bridgehead atoms. The molecule has 0 saturated carbocycles. The van der Waals surface area contributed by atoms with E-state index in [1.807, 2.05) is 23.6 Å². The van der Waals surface area contributed by atoms with E-state index in [2.05, 4.69) is 11.4 Å². The summed E-state index contributed by atoms with van der Waals surface area (Å²) < 4.78 is 1.52. The predicted molar refractivity (Wildman–Crippen MR) is 71.8 cm³/mol. The standard InChI is InChI=1S/C13H11N3OS/c14-4-6-16-12(8-18-13(16)17)10-1-2-11-9(7-10)3-5-15-11/h1-2,7-8,15H,3,5-6H2. The molecular formula is C13H11N3OS. The molecule has 2 aromatic rings. The van der Waals surface area contributed by atoms with Gasteiger partial charge in [0.25, 0.3) is 0 Å². The highest BCUT2D eigenvalue weighted by molar-refractivity contribution is 7.07. The fraction of sp³-hybridized carbons (Fsp3) is 0.231. The first-order chi connectivity index (χ1) is 8.79. The molecule has 90 valence electrons. The molecule has 1 aromatic heterocycles. The lowest BCUT2D eigenvalue weighted by Gasteiger charge is -2.06. The van der Waals surface area contributed by atoms with Crippen molar-refractivity contribution < 1.29 is 0 Å². The average molecular weight is 257 g/mol. The van der Waals surface area contributed by atoms with Crippen LogP contribution in [-0.2, 0) is 13.0 Å². The van der Waals surface area contributed by atoms with Crippen molar-refractivity contribution in [3.05, 3.63) is 38.8 Å². The quantitative estimate of drug-likeness (QED) is 0.896. The second-order valence-corrected chi connectivity index (χ2v) is 5.00. The Morgan fingerprint density at radius 3 is 3.22 bits per heavy atom. The van der Waals surface area contributed by atoms with Gasteiger partial charge in [-0.2, -0.15) is 5.26 Å². The molecule has 0 spiro atoms. The lowest BCUT2D eigenvalue weighted by atomic mass is 10.1. The van der Waals surface area contributed by atoms with Gasteiger partial charge in [-0.3, -0.25) is 9.36 Å². The number of thiazole rings is 1. The topological polar surface area (TPSA) is 57.8 Å². The molecule has 5 heteroatoms. The average Bonchev–Trinajstić information content (AvgIpc) is 2.97. The lowest BCUT2D eigenvalue weighted by molar-refractivity contribution is 0.825. The van der Waals surface area contributed by atoms with E-state index < -0.39 is 0 Å². The van der Waals surface area contributed by atoms with Crippen LogP contribution in [0.3, 0.4) is 0 Å². The van der Waals surface area contributed by atoms with Gasteiger partial charge in [0.1, 0.15) is 6.54 Å². The van der Waals surface area contributed by atoms with Crippen molar-refractivity contribution in [1.82, 2.24) is 4.57 Å². The second-order valence-electron chi connectivity index (χ2n) is 4.18. The molecule has 1 N–H and O–H groups in total. The van der Waals surface area contributed by atoms with Crippen LogP contribution in [0.2, 0.25) is 0 Å². The van der Waals surface area contributed by atoms with Crippen molar-refractivity contribution in [2.45, 2.75) is 13.0 Å². The summed E-state index contributed by atoms with van der Waals surface area (Å²) in [5, 5.41) is 13.9. The van der Waals surface area contributed by atoms with Crippen molar-refractivity contribution in [3.63, 3.8) is 0 Å². The van der Waals surface area contributed by atoms with Gasteiger partial charge < -0.3 is 5.32 Å². The molecule has 18 heavy (non-hydrogen) atoms. The number of fused-ring (bicyclic) bond motifs is 1. The van der Waals surface area contributed by atoms with E-state index >= 15 is 0 Å². The van der Waals surface area contributed by atoms with E-state index in [-0.39, 0.29) is 11.4 Å². The molecule has 0 atom stereocenters. The summed E-state index contributed by atoms with van der Waals surface area (Å²) in [4.78, 5) is 11.6. The first-order valence-electron chi connectivity index (χ1n) is 5.72. The minimum atomic E-state index is -0.0785. The van der Waals surface area contributed by atoms with Gasteiger partial charge >= 0.3 is 4.87 Å². The minimum Gasteiger partial charge on any atom is -0.384 e. The molecule has 0 aliphatic carbocycles. The zero-order chi connectivity index (χ0) is 12.5. The molecule has 0 radical (unpaired) electrons. The lowest BCUT2D eigenvalue weighted by Crippen LogP contribution is -2.13. The number of benzene rings is 1. The number of hydrogen-bond acceptors (Lipinski definition) is 4. The van der Waals surface area contributed by atoms with Gasteiger partial charge in [-0.1, -0.05) is 17.4 Å². The van der Waals surface area contributed by atoms with Crippen LogP contribution in [0.25, 0.3) is 11.3 Å². The van der Waals surface area contributed by atoms with Gasteiger partial charge in [0.2, 0.25) is 0 Å². The molecule has 0 unspecified atom stereocenters. The van der Waals surface area contributed by atoms with Crippen molar-refractivity contribution >= 4 is 17.0 Å². The van der Waals surface area contributed by atoms with E-state index in [9.17, 15) is 4.79 Å². The van der Waals surface area contributed by atoms with Crippen LogP contribution in [0, 0.1) is 11.3 Å². The van der Waals surface area contributed by atoms with Crippen LogP contribution < -0.4 is 10.2 Å². The Morgan fingerprint density at radius 2 is 2.39 bits per heavy atom. The van der Waals surface area contributed by atoms with Gasteiger partial charge in [0.05, 0.1) is 11.8 Å². The molecule has 4 nitrogen and oxygen atoms in total. The Kier molecular flexibility index (Phi) is 2.65. The molecule has 3 rings (SSSR count). The number of hydrogen-bond donors (Lipinski definition) is 1. The number of aromatic nitrogens is 1. The zero-order valence-electron chi connectivity index (χ0n) is 9.64. The number of nitrogens with zero attached hydrogens (tertiary/aromatic N) is 2. The maximum absolute atomic E-state index is 11.7. The monoisotopic (exact) mass is 257 g/mol. The summed E-state index contributed by atoms with van der Waals surface area (Å²) in [6.07, 6.45) is 1.01. The van der Waals surface area contributed by atoms with E-state index in [0.29, 0.717) is 0 Å². The van der Waals surface area contributed by atoms with Crippen molar-refractivity contribution in [2.24, 2.45) is 0 Å². The minimum absolute atomic E-state index is 0.0785. The Hall–Kier alpha value is -2.06. The van der Waals surface area contributed by atoms with Gasteiger partial charge in [-0.05, 0) is 29.7 Å². The second kappa shape index (κ2) is 4.31. The Balaban J connectivity index is 2.10. The summed E-state index contributed by atoms with van der Waals surface area (Å²) in [6, 6.07) is 8.16. The molecular weight excluding hydrogens is 246 g/mol. The number of nitriles is 1. The van der Waals surface area contributed by atoms with Crippen LogP contribution in [0.4, 0.5) is 5.69 Å². The van der Waals surface area contributed by atoms with Crippen LogP contribution in [-0.4, -0.2) is 11.1 Å². The SMILES string of the molecule is N#CCn1c(-c2ccc3c(c2)CCN3)csc1=O. The largest absolute Gasteiger partial charge is 0.384 e. The van der Waals surface area contributed by atoms with E-state index in [1.165, 1.54) is 15.8 Å². The normalized spacial score (nSPS) is 12.8. The van der Waals surface area contributed by atoms with E-state index in [1.54, 1.807) is 0 Å². The number of nitrogens with one attached hydrogen (secondary N) is 1. The third-order valence-corrected chi connectivity index (χ3v) is 3.89. The highest BCUT2D eigenvalue weighted by Gasteiger charge is 2.13. The maximum atomic E-state index is 11.7. The fourth-order valence-corrected chi connectivity index (χ4v) is 3.01. The number of rotatable bonds is 2. The smallest absolute Gasteiger partial charge is 0.308 e. The van der Waals surface area contributed by atoms with Crippen molar-refractivity contribution in [3.8, 4) is 17.3 Å². The summed E-state index contributed by atoms with van der Waals surface area (Å²) in [6.45, 7) is 1.07. The molecule has 2 heterocycles. The third kappa shape index (κ3) is 1.71. The van der Waals surface area contributed by atoms with Crippen LogP contribution in [0.15, 0.2) is 28.4 Å². The fourth-order valence-electron chi connectivity index (χ4n) is 2.24. The van der Waals surface area contributed by atoms with Crippen LogP contribution in [0.5, 0.6) is 0 Å². The van der Waals surface area contributed by atoms with Gasteiger partial charge in [-0.15, -0.1) is 0 Å². The Bertz CT molecular complexity index is 693. The zero-order valence-corrected chi connectivity index (χ0v) is 10.5. The van der Waals surface area contributed by atoms with Gasteiger partial charge in [0.15, 0.2) is 0 Å². The molecule has 0 amide bonds.